The molecule has 2 heterocycles. The van der Waals surface area contributed by atoms with Crippen molar-refractivity contribution in [3.05, 3.63) is 22.2 Å². The number of fused-ring (bicyclic) bond motifs is 1. The second kappa shape index (κ2) is 4.88. The Balaban J connectivity index is 2.16. The molecule has 1 fully saturated rings. The summed E-state index contributed by atoms with van der Waals surface area (Å²) < 4.78 is 11.5. The van der Waals surface area contributed by atoms with Gasteiger partial charge in [-0.1, -0.05) is 18.5 Å². The number of benzene rings is 1. The van der Waals surface area contributed by atoms with E-state index in [0.29, 0.717) is 18.2 Å². The van der Waals surface area contributed by atoms with Crippen molar-refractivity contribution < 1.29 is 9.47 Å². The number of ether oxygens (including phenoxy) is 2. The monoisotopic (exact) mass is 281 g/mol. The van der Waals surface area contributed by atoms with Crippen molar-refractivity contribution in [2.45, 2.75) is 38.6 Å². The van der Waals surface area contributed by atoms with E-state index in [1.807, 2.05) is 0 Å². The molecule has 3 rings (SSSR count). The van der Waals surface area contributed by atoms with E-state index in [9.17, 15) is 0 Å². The third-order valence-electron chi connectivity index (χ3n) is 4.19. The smallest absolute Gasteiger partial charge is 0.180 e. The van der Waals surface area contributed by atoms with Gasteiger partial charge in [-0.25, -0.2) is 0 Å². The Morgan fingerprint density at radius 3 is 2.68 bits per heavy atom. The van der Waals surface area contributed by atoms with E-state index in [2.05, 4.69) is 25.2 Å². The van der Waals surface area contributed by atoms with E-state index in [1.165, 1.54) is 17.5 Å². The molecule has 19 heavy (non-hydrogen) atoms. The molecule has 0 aromatic heterocycles. The van der Waals surface area contributed by atoms with Crippen molar-refractivity contribution in [3.8, 4) is 11.5 Å². The Kier molecular flexibility index (Phi) is 3.35. The van der Waals surface area contributed by atoms with E-state index < -0.39 is 0 Å². The van der Waals surface area contributed by atoms with Gasteiger partial charge >= 0.3 is 0 Å². The van der Waals surface area contributed by atoms with Gasteiger partial charge in [0, 0.05) is 11.1 Å². The van der Waals surface area contributed by atoms with E-state index >= 15 is 0 Å². The van der Waals surface area contributed by atoms with Crippen LogP contribution in [-0.4, -0.2) is 19.8 Å². The summed E-state index contributed by atoms with van der Waals surface area (Å²) in [5, 5.41) is 4.27. The van der Waals surface area contributed by atoms with Crippen LogP contribution >= 0.6 is 11.6 Å². The second-order valence-electron chi connectivity index (χ2n) is 5.46. The highest BCUT2D eigenvalue weighted by molar-refractivity contribution is 6.32. The molecular weight excluding hydrogens is 262 g/mol. The average molecular weight is 282 g/mol. The zero-order valence-corrected chi connectivity index (χ0v) is 12.3. The molecular formula is C15H20ClNO2. The maximum Gasteiger partial charge on any atom is 0.180 e. The van der Waals surface area contributed by atoms with Crippen LogP contribution in [0.5, 0.6) is 11.5 Å². The Hall–Kier alpha value is -0.930. The minimum absolute atomic E-state index is 0.00478. The molecule has 0 amide bonds. The van der Waals surface area contributed by atoms with Gasteiger partial charge in [0.2, 0.25) is 0 Å². The molecule has 104 valence electrons. The third kappa shape index (κ3) is 2.09. The number of nitrogens with one attached hydrogen (secondary N) is 1. The summed E-state index contributed by atoms with van der Waals surface area (Å²) >= 11 is 6.38. The first-order valence-electron chi connectivity index (χ1n) is 7.02. The van der Waals surface area contributed by atoms with Crippen LogP contribution in [0.4, 0.5) is 0 Å². The van der Waals surface area contributed by atoms with Crippen LogP contribution in [0.3, 0.4) is 0 Å². The van der Waals surface area contributed by atoms with Gasteiger partial charge in [0.15, 0.2) is 11.5 Å². The molecule has 0 spiro atoms. The summed E-state index contributed by atoms with van der Waals surface area (Å²) in [7, 11) is 0. The van der Waals surface area contributed by atoms with Crippen LogP contribution in [0.2, 0.25) is 5.02 Å². The van der Waals surface area contributed by atoms with Crippen LogP contribution in [0.1, 0.15) is 37.8 Å². The van der Waals surface area contributed by atoms with Gasteiger partial charge in [0.1, 0.15) is 13.2 Å². The van der Waals surface area contributed by atoms with Crippen LogP contribution < -0.4 is 14.8 Å². The number of rotatable bonds is 2. The van der Waals surface area contributed by atoms with Gasteiger partial charge in [-0.05, 0) is 44.4 Å². The van der Waals surface area contributed by atoms with E-state index in [0.717, 1.165) is 30.9 Å². The highest BCUT2D eigenvalue weighted by Crippen LogP contribution is 2.46. The van der Waals surface area contributed by atoms with Crippen molar-refractivity contribution in [2.24, 2.45) is 0 Å². The molecule has 1 atom stereocenters. The first-order chi connectivity index (χ1) is 9.15. The predicted octanol–water partition coefficient (Wildman–Crippen LogP) is 3.27. The molecule has 1 saturated heterocycles. The molecule has 2 aliphatic heterocycles. The normalized spacial score (nSPS) is 25.6. The first kappa shape index (κ1) is 13.1. The Labute approximate surface area is 119 Å². The number of halogens is 1. The lowest BCUT2D eigenvalue weighted by Gasteiger charge is -2.31. The van der Waals surface area contributed by atoms with Crippen molar-refractivity contribution in [1.82, 2.24) is 5.32 Å². The number of hydrogen-bond acceptors (Lipinski definition) is 3. The van der Waals surface area contributed by atoms with Crippen molar-refractivity contribution >= 4 is 11.6 Å². The van der Waals surface area contributed by atoms with E-state index in [-0.39, 0.29) is 5.54 Å². The summed E-state index contributed by atoms with van der Waals surface area (Å²) in [5.41, 5.74) is 2.50. The zero-order valence-electron chi connectivity index (χ0n) is 11.5. The fourth-order valence-corrected chi connectivity index (χ4v) is 3.44. The molecule has 4 heteroatoms. The summed E-state index contributed by atoms with van der Waals surface area (Å²) in [6, 6.07) is 2.06. The quantitative estimate of drug-likeness (QED) is 0.902. The summed E-state index contributed by atoms with van der Waals surface area (Å²) in [4.78, 5) is 0. The van der Waals surface area contributed by atoms with Crippen LogP contribution in [-0.2, 0) is 12.0 Å². The van der Waals surface area contributed by atoms with E-state index in [1.54, 1.807) is 0 Å². The molecule has 1 N–H and O–H groups in total. The maximum absolute atomic E-state index is 6.38. The molecule has 1 aromatic carbocycles. The molecule has 2 aliphatic rings. The minimum Gasteiger partial charge on any atom is -0.486 e. The van der Waals surface area contributed by atoms with Gasteiger partial charge in [0.05, 0.1) is 5.02 Å². The fourth-order valence-electron chi connectivity index (χ4n) is 3.19. The topological polar surface area (TPSA) is 30.5 Å². The standard InChI is InChI=1S/C15H20ClNO2/c1-3-10-11(15(2)5-4-6-17-15)9-12(16)14-13(10)18-7-8-19-14/h9,17H,3-8H2,1-2H3. The molecule has 0 radical (unpaired) electrons. The molecule has 0 saturated carbocycles. The Morgan fingerprint density at radius 1 is 1.32 bits per heavy atom. The SMILES string of the molecule is CCc1c(C2(C)CCCN2)cc(Cl)c2c1OCCO2. The van der Waals surface area contributed by atoms with Crippen LogP contribution in [0.25, 0.3) is 0 Å². The Bertz CT molecular complexity index is 495. The molecule has 1 unspecified atom stereocenters. The second-order valence-corrected chi connectivity index (χ2v) is 5.86. The van der Waals surface area contributed by atoms with Gasteiger partial charge in [-0.2, -0.15) is 0 Å². The minimum atomic E-state index is 0.00478. The highest BCUT2D eigenvalue weighted by atomic mass is 35.5. The summed E-state index contributed by atoms with van der Waals surface area (Å²) in [6.45, 7) is 6.64. The van der Waals surface area contributed by atoms with Crippen molar-refractivity contribution in [3.63, 3.8) is 0 Å². The Morgan fingerprint density at radius 2 is 2.05 bits per heavy atom. The van der Waals surface area contributed by atoms with Gasteiger partial charge in [-0.15, -0.1) is 0 Å². The lowest BCUT2D eigenvalue weighted by Crippen LogP contribution is -2.34. The number of hydrogen-bond donors (Lipinski definition) is 1. The van der Waals surface area contributed by atoms with Crippen molar-refractivity contribution in [1.29, 1.82) is 0 Å². The molecule has 1 aromatic rings. The first-order valence-corrected chi connectivity index (χ1v) is 7.40. The molecule has 0 aliphatic carbocycles. The van der Waals surface area contributed by atoms with Gasteiger partial charge < -0.3 is 14.8 Å². The summed E-state index contributed by atoms with van der Waals surface area (Å²) in [5.74, 6) is 1.57. The lowest BCUT2D eigenvalue weighted by molar-refractivity contribution is 0.169. The van der Waals surface area contributed by atoms with Crippen molar-refractivity contribution in [2.75, 3.05) is 19.8 Å². The lowest BCUT2D eigenvalue weighted by atomic mass is 9.85. The summed E-state index contributed by atoms with van der Waals surface area (Å²) in [6.07, 6.45) is 3.26. The van der Waals surface area contributed by atoms with E-state index in [4.69, 9.17) is 21.1 Å². The third-order valence-corrected chi connectivity index (χ3v) is 4.47. The largest absolute Gasteiger partial charge is 0.486 e. The van der Waals surface area contributed by atoms with Crippen LogP contribution in [0.15, 0.2) is 6.07 Å². The molecule has 0 bridgehead atoms. The van der Waals surface area contributed by atoms with Gasteiger partial charge in [-0.3, -0.25) is 0 Å². The predicted molar refractivity (Wildman–Crippen MR) is 76.4 cm³/mol. The van der Waals surface area contributed by atoms with Gasteiger partial charge in [0.25, 0.3) is 0 Å². The zero-order chi connectivity index (χ0) is 13.5. The maximum atomic E-state index is 6.38. The average Bonchev–Trinajstić information content (AvgIpc) is 2.87. The highest BCUT2D eigenvalue weighted by Gasteiger charge is 2.35. The van der Waals surface area contributed by atoms with Crippen LogP contribution in [0, 0.1) is 0 Å². The molecule has 3 nitrogen and oxygen atoms in total. The fraction of sp³-hybridized carbons (Fsp3) is 0.600.